The molecule has 1 saturated heterocycles. The molecule has 148 valence electrons. The molecule has 0 unspecified atom stereocenters. The summed E-state index contributed by atoms with van der Waals surface area (Å²) in [6.45, 7) is 4.87. The Bertz CT molecular complexity index is 769. The second kappa shape index (κ2) is 9.90. The van der Waals surface area contributed by atoms with Crippen LogP contribution < -0.4 is 5.32 Å². The molecule has 6 nitrogen and oxygen atoms in total. The van der Waals surface area contributed by atoms with Crippen molar-refractivity contribution in [3.05, 3.63) is 65.7 Å². The Morgan fingerprint density at radius 1 is 0.964 bits per heavy atom. The molecular weight excluding hydrogens is 354 g/mol. The third kappa shape index (κ3) is 5.57. The number of ether oxygens (including phenoxy) is 1. The fourth-order valence-electron chi connectivity index (χ4n) is 3.31. The van der Waals surface area contributed by atoms with Gasteiger partial charge in [-0.3, -0.25) is 9.69 Å². The molecule has 2 aromatic carbocycles. The summed E-state index contributed by atoms with van der Waals surface area (Å²) in [5, 5.41) is 3.23. The zero-order valence-electron chi connectivity index (χ0n) is 16.3. The van der Waals surface area contributed by atoms with E-state index in [-0.39, 0.29) is 11.9 Å². The van der Waals surface area contributed by atoms with Crippen LogP contribution in [0, 0.1) is 0 Å². The van der Waals surface area contributed by atoms with Gasteiger partial charge >= 0.3 is 5.97 Å². The molecule has 0 aliphatic carbocycles. The van der Waals surface area contributed by atoms with Gasteiger partial charge in [-0.2, -0.15) is 0 Å². The predicted octanol–water partition coefficient (Wildman–Crippen LogP) is 2.62. The molecule has 6 heteroatoms. The van der Waals surface area contributed by atoms with Crippen LogP contribution in [0.2, 0.25) is 0 Å². The molecule has 0 radical (unpaired) electrons. The lowest BCUT2D eigenvalue weighted by Crippen LogP contribution is -2.48. The summed E-state index contributed by atoms with van der Waals surface area (Å²) in [4.78, 5) is 28.2. The molecule has 1 aliphatic rings. The topological polar surface area (TPSA) is 61.9 Å². The Morgan fingerprint density at radius 3 is 2.29 bits per heavy atom. The van der Waals surface area contributed by atoms with Crippen LogP contribution in [-0.4, -0.2) is 61.5 Å². The molecule has 0 atom stereocenters. The molecule has 0 bridgehead atoms. The average molecular weight is 381 g/mol. The summed E-state index contributed by atoms with van der Waals surface area (Å²) < 4.78 is 4.68. The minimum Gasteiger partial charge on any atom is -0.465 e. The summed E-state index contributed by atoms with van der Waals surface area (Å²) in [6, 6.07) is 17.5. The SMILES string of the molecule is COC(=O)c1ccc(NCCC(=O)N2CCN(Cc3ccccc3)CC2)cc1. The number of nitrogens with one attached hydrogen (secondary N) is 1. The molecule has 2 aromatic rings. The van der Waals surface area contributed by atoms with Crippen LogP contribution in [-0.2, 0) is 16.1 Å². The monoisotopic (exact) mass is 381 g/mol. The van der Waals surface area contributed by atoms with E-state index < -0.39 is 0 Å². The third-order valence-corrected chi connectivity index (χ3v) is 4.95. The molecule has 3 rings (SSSR count). The molecule has 1 N–H and O–H groups in total. The summed E-state index contributed by atoms with van der Waals surface area (Å²) >= 11 is 0. The number of nitrogens with zero attached hydrogens (tertiary/aromatic N) is 2. The van der Waals surface area contributed by atoms with E-state index in [2.05, 4.69) is 39.2 Å². The van der Waals surface area contributed by atoms with Crippen molar-refractivity contribution in [2.24, 2.45) is 0 Å². The number of piperazine rings is 1. The normalized spacial score (nSPS) is 14.5. The second-order valence-electron chi connectivity index (χ2n) is 6.89. The van der Waals surface area contributed by atoms with Gasteiger partial charge in [-0.15, -0.1) is 0 Å². The number of amides is 1. The second-order valence-corrected chi connectivity index (χ2v) is 6.89. The van der Waals surface area contributed by atoms with Crippen LogP contribution in [0.1, 0.15) is 22.3 Å². The van der Waals surface area contributed by atoms with E-state index in [4.69, 9.17) is 0 Å². The summed E-state index contributed by atoms with van der Waals surface area (Å²) in [5.74, 6) is -0.175. The fraction of sp³-hybridized carbons (Fsp3) is 0.364. The minimum absolute atomic E-state index is 0.179. The number of carbonyl (C=O) groups excluding carboxylic acids is 2. The first-order chi connectivity index (χ1) is 13.7. The van der Waals surface area contributed by atoms with Gasteiger partial charge in [0, 0.05) is 51.4 Å². The van der Waals surface area contributed by atoms with E-state index in [0.717, 1.165) is 38.4 Å². The number of rotatable bonds is 7. The number of esters is 1. The Labute approximate surface area is 166 Å². The molecular formula is C22H27N3O3. The van der Waals surface area contributed by atoms with E-state index >= 15 is 0 Å². The van der Waals surface area contributed by atoms with Crippen molar-refractivity contribution < 1.29 is 14.3 Å². The maximum Gasteiger partial charge on any atom is 0.337 e. The molecule has 0 saturated carbocycles. The Kier molecular flexibility index (Phi) is 7.03. The van der Waals surface area contributed by atoms with E-state index in [1.54, 1.807) is 12.1 Å². The van der Waals surface area contributed by atoms with Crippen molar-refractivity contribution in [3.8, 4) is 0 Å². The highest BCUT2D eigenvalue weighted by molar-refractivity contribution is 5.89. The lowest BCUT2D eigenvalue weighted by atomic mass is 10.2. The van der Waals surface area contributed by atoms with Crippen molar-refractivity contribution in [1.82, 2.24) is 9.80 Å². The van der Waals surface area contributed by atoms with Crippen molar-refractivity contribution in [2.75, 3.05) is 45.2 Å². The number of methoxy groups -OCH3 is 1. The standard InChI is InChI=1S/C22H27N3O3/c1-28-22(27)19-7-9-20(10-8-19)23-12-11-21(26)25-15-13-24(14-16-25)17-18-5-3-2-4-6-18/h2-10,23H,11-17H2,1H3. The maximum atomic E-state index is 12.4. The van der Waals surface area contributed by atoms with Gasteiger partial charge < -0.3 is 15.0 Å². The van der Waals surface area contributed by atoms with Gasteiger partial charge in [0.05, 0.1) is 12.7 Å². The van der Waals surface area contributed by atoms with Crippen LogP contribution >= 0.6 is 0 Å². The van der Waals surface area contributed by atoms with Crippen molar-refractivity contribution in [1.29, 1.82) is 0 Å². The summed E-state index contributed by atoms with van der Waals surface area (Å²) in [7, 11) is 1.36. The van der Waals surface area contributed by atoms with Gasteiger partial charge in [-0.1, -0.05) is 30.3 Å². The first-order valence-electron chi connectivity index (χ1n) is 9.62. The summed E-state index contributed by atoms with van der Waals surface area (Å²) in [5.41, 5.74) is 2.70. The van der Waals surface area contributed by atoms with Gasteiger partial charge in [0.25, 0.3) is 0 Å². The predicted molar refractivity (Wildman–Crippen MR) is 109 cm³/mol. The Balaban J connectivity index is 1.37. The quantitative estimate of drug-likeness (QED) is 0.747. The highest BCUT2D eigenvalue weighted by Crippen LogP contribution is 2.12. The number of carbonyl (C=O) groups is 2. The van der Waals surface area contributed by atoms with Crippen LogP contribution in [0.15, 0.2) is 54.6 Å². The molecule has 0 spiro atoms. The van der Waals surface area contributed by atoms with E-state index in [1.807, 2.05) is 23.1 Å². The highest BCUT2D eigenvalue weighted by atomic mass is 16.5. The number of benzene rings is 2. The van der Waals surface area contributed by atoms with Crippen LogP contribution in [0.5, 0.6) is 0 Å². The molecule has 1 fully saturated rings. The van der Waals surface area contributed by atoms with Crippen molar-refractivity contribution in [2.45, 2.75) is 13.0 Å². The van der Waals surface area contributed by atoms with Gasteiger partial charge in [-0.05, 0) is 29.8 Å². The zero-order valence-corrected chi connectivity index (χ0v) is 16.3. The van der Waals surface area contributed by atoms with Gasteiger partial charge in [0.2, 0.25) is 5.91 Å². The molecule has 1 aliphatic heterocycles. The van der Waals surface area contributed by atoms with Gasteiger partial charge in [0.1, 0.15) is 0 Å². The summed E-state index contributed by atoms with van der Waals surface area (Å²) in [6.07, 6.45) is 0.456. The number of hydrogen-bond acceptors (Lipinski definition) is 5. The van der Waals surface area contributed by atoms with E-state index in [9.17, 15) is 9.59 Å². The fourth-order valence-corrected chi connectivity index (χ4v) is 3.31. The minimum atomic E-state index is -0.354. The third-order valence-electron chi connectivity index (χ3n) is 4.95. The van der Waals surface area contributed by atoms with E-state index in [1.165, 1.54) is 12.7 Å². The van der Waals surface area contributed by atoms with Gasteiger partial charge in [-0.25, -0.2) is 4.79 Å². The smallest absolute Gasteiger partial charge is 0.337 e. The largest absolute Gasteiger partial charge is 0.465 e. The first kappa shape index (κ1) is 19.9. The van der Waals surface area contributed by atoms with Crippen LogP contribution in [0.25, 0.3) is 0 Å². The van der Waals surface area contributed by atoms with Crippen molar-refractivity contribution in [3.63, 3.8) is 0 Å². The zero-order chi connectivity index (χ0) is 19.8. The average Bonchev–Trinajstić information content (AvgIpc) is 2.75. The lowest BCUT2D eigenvalue weighted by Gasteiger charge is -2.34. The molecule has 0 aromatic heterocycles. The Morgan fingerprint density at radius 2 is 1.64 bits per heavy atom. The lowest BCUT2D eigenvalue weighted by molar-refractivity contribution is -0.132. The Hall–Kier alpha value is -2.86. The van der Waals surface area contributed by atoms with E-state index in [0.29, 0.717) is 18.5 Å². The number of hydrogen-bond donors (Lipinski definition) is 1. The molecule has 1 amide bonds. The molecule has 28 heavy (non-hydrogen) atoms. The van der Waals surface area contributed by atoms with Crippen LogP contribution in [0.4, 0.5) is 5.69 Å². The highest BCUT2D eigenvalue weighted by Gasteiger charge is 2.20. The van der Waals surface area contributed by atoms with Crippen molar-refractivity contribution >= 4 is 17.6 Å². The maximum absolute atomic E-state index is 12.4. The van der Waals surface area contributed by atoms with Crippen LogP contribution in [0.3, 0.4) is 0 Å². The first-order valence-corrected chi connectivity index (χ1v) is 9.62. The van der Waals surface area contributed by atoms with Gasteiger partial charge in [0.15, 0.2) is 0 Å². The number of anilines is 1. The molecule has 1 heterocycles.